The largest absolute Gasteiger partial charge is 0.351 e. The number of aromatic nitrogens is 3. The fraction of sp³-hybridized carbons (Fsp3) is 0.368. The summed E-state index contributed by atoms with van der Waals surface area (Å²) >= 11 is 0. The van der Waals surface area contributed by atoms with Crippen LogP contribution in [0.25, 0.3) is 10.9 Å². The number of aromatic amines is 1. The fourth-order valence-corrected chi connectivity index (χ4v) is 3.68. The molecule has 1 aliphatic rings. The van der Waals surface area contributed by atoms with Gasteiger partial charge in [-0.25, -0.2) is 4.98 Å². The third-order valence-corrected chi connectivity index (χ3v) is 4.95. The molecule has 1 aliphatic heterocycles. The second-order valence-corrected chi connectivity index (χ2v) is 6.70. The number of hydrogen-bond acceptors (Lipinski definition) is 2. The highest BCUT2D eigenvalue weighted by atomic mass is 16.2. The van der Waals surface area contributed by atoms with E-state index in [4.69, 9.17) is 0 Å². The Kier molecular flexibility index (Phi) is 3.63. The number of nitrogens with one attached hydrogen (secondary N) is 1. The number of fused-ring (bicyclic) bond motifs is 1. The molecule has 124 valence electrons. The summed E-state index contributed by atoms with van der Waals surface area (Å²) in [7, 11) is 0. The second-order valence-electron chi connectivity index (χ2n) is 6.70. The van der Waals surface area contributed by atoms with E-state index in [0.29, 0.717) is 11.7 Å². The van der Waals surface area contributed by atoms with Crippen molar-refractivity contribution in [1.82, 2.24) is 19.4 Å². The van der Waals surface area contributed by atoms with Crippen LogP contribution in [0.2, 0.25) is 0 Å². The number of aryl methyl sites for hydroxylation is 2. The zero-order valence-corrected chi connectivity index (χ0v) is 14.1. The van der Waals surface area contributed by atoms with E-state index in [1.165, 1.54) is 5.56 Å². The van der Waals surface area contributed by atoms with Crippen LogP contribution in [0, 0.1) is 13.8 Å². The van der Waals surface area contributed by atoms with E-state index >= 15 is 0 Å². The molecule has 2 aromatic heterocycles. The first-order valence-electron chi connectivity index (χ1n) is 8.50. The lowest BCUT2D eigenvalue weighted by atomic mass is 10.0. The number of carbonyl (C=O) groups is 1. The smallest absolute Gasteiger partial charge is 0.270 e. The predicted octanol–water partition coefficient (Wildman–Crippen LogP) is 3.46. The van der Waals surface area contributed by atoms with Gasteiger partial charge in [-0.1, -0.05) is 11.6 Å². The maximum atomic E-state index is 12.9. The lowest BCUT2D eigenvalue weighted by Gasteiger charge is -2.33. The third-order valence-electron chi connectivity index (χ3n) is 4.95. The molecule has 4 rings (SSSR count). The van der Waals surface area contributed by atoms with Gasteiger partial charge in [-0.2, -0.15) is 0 Å². The fourth-order valence-electron chi connectivity index (χ4n) is 3.68. The van der Waals surface area contributed by atoms with Crippen molar-refractivity contribution in [2.45, 2.75) is 32.7 Å². The number of nitrogens with zero attached hydrogens (tertiary/aromatic N) is 3. The van der Waals surface area contributed by atoms with Crippen LogP contribution in [0.3, 0.4) is 0 Å². The lowest BCUT2D eigenvalue weighted by Crippen LogP contribution is -2.41. The molecule has 5 heteroatoms. The van der Waals surface area contributed by atoms with Crippen molar-refractivity contribution in [3.63, 3.8) is 0 Å². The first-order chi connectivity index (χ1) is 11.6. The Labute approximate surface area is 141 Å². The first kappa shape index (κ1) is 15.0. The van der Waals surface area contributed by atoms with Gasteiger partial charge in [-0.3, -0.25) is 4.79 Å². The number of imidazole rings is 1. The van der Waals surface area contributed by atoms with Crippen molar-refractivity contribution >= 4 is 16.8 Å². The molecular weight excluding hydrogens is 300 g/mol. The van der Waals surface area contributed by atoms with Crippen LogP contribution in [-0.4, -0.2) is 38.4 Å². The summed E-state index contributed by atoms with van der Waals surface area (Å²) in [6.07, 6.45) is 5.95. The Morgan fingerprint density at radius 2 is 2.17 bits per heavy atom. The summed E-state index contributed by atoms with van der Waals surface area (Å²) in [6.45, 7) is 5.64. The van der Waals surface area contributed by atoms with Gasteiger partial charge in [-0.05, 0) is 44.9 Å². The molecule has 3 aromatic rings. The maximum absolute atomic E-state index is 12.9. The summed E-state index contributed by atoms with van der Waals surface area (Å²) in [6, 6.07) is 8.49. The highest BCUT2D eigenvalue weighted by Crippen LogP contribution is 2.25. The first-order valence-corrected chi connectivity index (χ1v) is 8.50. The molecule has 0 spiro atoms. The molecule has 1 atom stereocenters. The Morgan fingerprint density at radius 3 is 2.96 bits per heavy atom. The molecule has 0 aliphatic carbocycles. The van der Waals surface area contributed by atoms with E-state index in [1.807, 2.05) is 36.4 Å². The van der Waals surface area contributed by atoms with Gasteiger partial charge in [0.15, 0.2) is 0 Å². The van der Waals surface area contributed by atoms with E-state index in [1.54, 1.807) is 0 Å². The lowest BCUT2D eigenvalue weighted by molar-refractivity contribution is 0.0673. The summed E-state index contributed by atoms with van der Waals surface area (Å²) in [4.78, 5) is 22.5. The van der Waals surface area contributed by atoms with Crippen molar-refractivity contribution in [2.24, 2.45) is 0 Å². The zero-order valence-electron chi connectivity index (χ0n) is 14.1. The highest BCUT2D eigenvalue weighted by Gasteiger charge is 2.26. The molecule has 0 bridgehead atoms. The Hall–Kier alpha value is -2.56. The van der Waals surface area contributed by atoms with Crippen LogP contribution >= 0.6 is 0 Å². The minimum absolute atomic E-state index is 0.0892. The summed E-state index contributed by atoms with van der Waals surface area (Å²) in [5.74, 6) is 1.10. The standard InChI is InChI=1S/C19H22N4O/c1-13-5-6-17-15(10-13)11-18(21-17)19(24)22-8-3-4-16(12-22)23-9-7-20-14(23)2/h5-7,9-11,16,21H,3-4,8,12H2,1-2H3. The topological polar surface area (TPSA) is 53.9 Å². The number of hydrogen-bond donors (Lipinski definition) is 1. The number of piperidine rings is 1. The Balaban J connectivity index is 1.57. The molecule has 5 nitrogen and oxygen atoms in total. The van der Waals surface area contributed by atoms with Gasteiger partial charge in [0, 0.05) is 36.4 Å². The number of likely N-dealkylation sites (tertiary alicyclic amines) is 1. The van der Waals surface area contributed by atoms with Crippen LogP contribution in [0.4, 0.5) is 0 Å². The van der Waals surface area contributed by atoms with Gasteiger partial charge < -0.3 is 14.5 Å². The van der Waals surface area contributed by atoms with Crippen molar-refractivity contribution in [3.8, 4) is 0 Å². The average Bonchev–Trinajstić information content (AvgIpc) is 3.20. The second kappa shape index (κ2) is 5.82. The zero-order chi connectivity index (χ0) is 16.7. The molecule has 0 saturated carbocycles. The van der Waals surface area contributed by atoms with Crippen LogP contribution in [0.1, 0.15) is 40.8 Å². The van der Waals surface area contributed by atoms with Gasteiger partial charge in [0.25, 0.3) is 5.91 Å². The molecule has 24 heavy (non-hydrogen) atoms. The van der Waals surface area contributed by atoms with Crippen LogP contribution in [-0.2, 0) is 0 Å². The molecule has 1 amide bonds. The van der Waals surface area contributed by atoms with Crippen LogP contribution in [0.5, 0.6) is 0 Å². The maximum Gasteiger partial charge on any atom is 0.270 e. The van der Waals surface area contributed by atoms with Gasteiger partial charge >= 0.3 is 0 Å². The van der Waals surface area contributed by atoms with Crippen molar-refractivity contribution < 1.29 is 4.79 Å². The van der Waals surface area contributed by atoms with Gasteiger partial charge in [-0.15, -0.1) is 0 Å². The molecular formula is C19H22N4O. The van der Waals surface area contributed by atoms with Gasteiger partial charge in [0.1, 0.15) is 11.5 Å². The van der Waals surface area contributed by atoms with Crippen molar-refractivity contribution in [3.05, 3.63) is 53.7 Å². The van der Waals surface area contributed by atoms with E-state index < -0.39 is 0 Å². The summed E-state index contributed by atoms with van der Waals surface area (Å²) in [5.41, 5.74) is 2.90. The number of H-pyrrole nitrogens is 1. The summed E-state index contributed by atoms with van der Waals surface area (Å²) < 4.78 is 2.19. The predicted molar refractivity (Wildman–Crippen MR) is 94.2 cm³/mol. The Bertz CT molecular complexity index is 892. The quantitative estimate of drug-likeness (QED) is 0.785. The molecule has 1 N–H and O–H groups in total. The molecule has 0 radical (unpaired) electrons. The molecule has 1 aromatic carbocycles. The van der Waals surface area contributed by atoms with Crippen molar-refractivity contribution in [2.75, 3.05) is 13.1 Å². The molecule has 1 saturated heterocycles. The van der Waals surface area contributed by atoms with E-state index in [-0.39, 0.29) is 5.91 Å². The number of benzene rings is 1. The van der Waals surface area contributed by atoms with E-state index in [9.17, 15) is 4.79 Å². The highest BCUT2D eigenvalue weighted by molar-refractivity contribution is 5.98. The number of carbonyl (C=O) groups excluding carboxylic acids is 1. The van der Waals surface area contributed by atoms with E-state index in [0.717, 1.165) is 42.7 Å². The number of rotatable bonds is 2. The van der Waals surface area contributed by atoms with Crippen LogP contribution < -0.4 is 0 Å². The van der Waals surface area contributed by atoms with Gasteiger partial charge in [0.05, 0.1) is 6.04 Å². The minimum atomic E-state index is 0.0892. The Morgan fingerprint density at radius 1 is 1.29 bits per heavy atom. The van der Waals surface area contributed by atoms with Gasteiger partial charge in [0.2, 0.25) is 0 Å². The minimum Gasteiger partial charge on any atom is -0.351 e. The number of amides is 1. The SMILES string of the molecule is Cc1ccc2[nH]c(C(=O)N3CCCC(n4ccnc4C)C3)cc2c1. The normalized spacial score (nSPS) is 18.2. The molecule has 1 unspecified atom stereocenters. The average molecular weight is 322 g/mol. The third kappa shape index (κ3) is 2.60. The van der Waals surface area contributed by atoms with E-state index in [2.05, 4.69) is 33.6 Å². The molecule has 1 fully saturated rings. The molecule has 3 heterocycles. The van der Waals surface area contributed by atoms with Crippen molar-refractivity contribution in [1.29, 1.82) is 0 Å². The van der Waals surface area contributed by atoms with Crippen LogP contribution in [0.15, 0.2) is 36.7 Å². The summed E-state index contributed by atoms with van der Waals surface area (Å²) in [5, 5.41) is 1.09. The monoisotopic (exact) mass is 322 g/mol.